The van der Waals surface area contributed by atoms with Gasteiger partial charge in [0.2, 0.25) is 0 Å². The SMILES string of the molecule is NC(=NN=Cc1cc(Cl)ccc1Br)SCc1ccccc1. The highest BCUT2D eigenvalue weighted by molar-refractivity contribution is 9.10. The van der Waals surface area contributed by atoms with E-state index < -0.39 is 0 Å². The molecule has 0 aliphatic rings. The fourth-order valence-corrected chi connectivity index (χ4v) is 2.66. The van der Waals surface area contributed by atoms with Gasteiger partial charge in [0.1, 0.15) is 0 Å². The molecule has 0 bridgehead atoms. The molecule has 6 heteroatoms. The fourth-order valence-electron chi connectivity index (χ4n) is 1.52. The van der Waals surface area contributed by atoms with Crippen molar-refractivity contribution in [2.24, 2.45) is 15.9 Å². The minimum Gasteiger partial charge on any atom is -0.377 e. The van der Waals surface area contributed by atoms with E-state index >= 15 is 0 Å². The first-order chi connectivity index (χ1) is 10.1. The van der Waals surface area contributed by atoms with Crippen LogP contribution >= 0.6 is 39.3 Å². The van der Waals surface area contributed by atoms with Crippen LogP contribution in [0.1, 0.15) is 11.1 Å². The van der Waals surface area contributed by atoms with Crippen LogP contribution in [-0.4, -0.2) is 11.4 Å². The van der Waals surface area contributed by atoms with Crippen LogP contribution in [0.4, 0.5) is 0 Å². The van der Waals surface area contributed by atoms with E-state index in [1.165, 1.54) is 17.3 Å². The summed E-state index contributed by atoms with van der Waals surface area (Å²) < 4.78 is 0.904. The van der Waals surface area contributed by atoms with Crippen molar-refractivity contribution in [3.8, 4) is 0 Å². The third-order valence-electron chi connectivity index (χ3n) is 2.54. The summed E-state index contributed by atoms with van der Waals surface area (Å²) in [5.74, 6) is 0.770. The Kier molecular flexibility index (Phi) is 6.29. The first-order valence-electron chi connectivity index (χ1n) is 6.13. The monoisotopic (exact) mass is 381 g/mol. The Morgan fingerprint density at radius 2 is 2.00 bits per heavy atom. The zero-order chi connectivity index (χ0) is 15.1. The minimum absolute atomic E-state index is 0.424. The summed E-state index contributed by atoms with van der Waals surface area (Å²) in [4.78, 5) is 0. The summed E-state index contributed by atoms with van der Waals surface area (Å²) in [5, 5.41) is 9.02. The average molecular weight is 383 g/mol. The van der Waals surface area contributed by atoms with Gasteiger partial charge in [0.15, 0.2) is 5.17 Å². The molecule has 0 aromatic heterocycles. The van der Waals surface area contributed by atoms with Gasteiger partial charge in [-0.3, -0.25) is 0 Å². The van der Waals surface area contributed by atoms with Crippen molar-refractivity contribution in [3.63, 3.8) is 0 Å². The lowest BCUT2D eigenvalue weighted by Crippen LogP contribution is -2.06. The molecule has 2 aromatic rings. The topological polar surface area (TPSA) is 50.7 Å². The lowest BCUT2D eigenvalue weighted by Gasteiger charge is -1.99. The molecule has 0 heterocycles. The summed E-state index contributed by atoms with van der Waals surface area (Å²) in [5.41, 5.74) is 7.87. The van der Waals surface area contributed by atoms with E-state index in [1.807, 2.05) is 36.4 Å². The summed E-state index contributed by atoms with van der Waals surface area (Å²) in [6.07, 6.45) is 1.62. The molecule has 3 nitrogen and oxygen atoms in total. The van der Waals surface area contributed by atoms with E-state index in [-0.39, 0.29) is 0 Å². The number of nitrogens with zero attached hydrogens (tertiary/aromatic N) is 2. The number of rotatable bonds is 4. The van der Waals surface area contributed by atoms with Gasteiger partial charge >= 0.3 is 0 Å². The van der Waals surface area contributed by atoms with Crippen LogP contribution in [0, 0.1) is 0 Å². The van der Waals surface area contributed by atoms with E-state index in [2.05, 4.69) is 26.1 Å². The van der Waals surface area contributed by atoms with Gasteiger partial charge in [-0.25, -0.2) is 0 Å². The Morgan fingerprint density at radius 1 is 1.24 bits per heavy atom. The van der Waals surface area contributed by atoms with Gasteiger partial charge in [0.25, 0.3) is 0 Å². The molecule has 0 saturated heterocycles. The third kappa shape index (κ3) is 5.53. The maximum absolute atomic E-state index is 5.93. The van der Waals surface area contributed by atoms with Gasteiger partial charge in [-0.2, -0.15) is 5.10 Å². The first kappa shape index (κ1) is 16.1. The Hall–Kier alpha value is -1.30. The van der Waals surface area contributed by atoms with E-state index in [0.717, 1.165) is 15.8 Å². The number of halogens is 2. The van der Waals surface area contributed by atoms with E-state index in [4.69, 9.17) is 17.3 Å². The molecule has 0 atom stereocenters. The van der Waals surface area contributed by atoms with E-state index in [0.29, 0.717) is 10.2 Å². The van der Waals surface area contributed by atoms with Crippen LogP contribution in [0.5, 0.6) is 0 Å². The predicted octanol–water partition coefficient (Wildman–Crippen LogP) is 4.68. The van der Waals surface area contributed by atoms with Crippen LogP contribution < -0.4 is 5.73 Å². The Labute approximate surface area is 141 Å². The third-order valence-corrected chi connectivity index (χ3v) is 4.35. The standard InChI is InChI=1S/C15H13BrClN3S/c16-14-7-6-13(17)8-12(14)9-19-20-15(18)21-10-11-4-2-1-3-5-11/h1-9H,10H2,(H2,18,20). The van der Waals surface area contributed by atoms with Gasteiger partial charge in [0.05, 0.1) is 6.21 Å². The highest BCUT2D eigenvalue weighted by Crippen LogP contribution is 2.19. The summed E-state index contributed by atoms with van der Waals surface area (Å²) in [6, 6.07) is 15.5. The maximum Gasteiger partial charge on any atom is 0.180 e. The van der Waals surface area contributed by atoms with Crippen molar-refractivity contribution in [2.45, 2.75) is 5.75 Å². The van der Waals surface area contributed by atoms with Crippen LogP contribution in [0.2, 0.25) is 5.02 Å². The first-order valence-corrected chi connectivity index (χ1v) is 8.29. The second-order valence-electron chi connectivity index (χ2n) is 4.12. The predicted molar refractivity (Wildman–Crippen MR) is 96.1 cm³/mol. The largest absolute Gasteiger partial charge is 0.377 e. The summed E-state index contributed by atoms with van der Waals surface area (Å²) in [6.45, 7) is 0. The number of benzene rings is 2. The van der Waals surface area contributed by atoms with E-state index in [9.17, 15) is 0 Å². The van der Waals surface area contributed by atoms with Gasteiger partial charge in [-0.15, -0.1) is 5.10 Å². The van der Waals surface area contributed by atoms with Gasteiger partial charge in [-0.1, -0.05) is 69.6 Å². The maximum atomic E-state index is 5.93. The highest BCUT2D eigenvalue weighted by Gasteiger charge is 1.98. The van der Waals surface area contributed by atoms with Gasteiger partial charge in [0, 0.05) is 20.8 Å². The average Bonchev–Trinajstić information content (AvgIpc) is 2.50. The van der Waals surface area contributed by atoms with Crippen LogP contribution in [-0.2, 0) is 5.75 Å². The molecule has 0 fully saturated rings. The highest BCUT2D eigenvalue weighted by atomic mass is 79.9. The lowest BCUT2D eigenvalue weighted by atomic mass is 10.2. The van der Waals surface area contributed by atoms with Crippen molar-refractivity contribution in [3.05, 3.63) is 69.2 Å². The van der Waals surface area contributed by atoms with Crippen molar-refractivity contribution in [2.75, 3.05) is 0 Å². The fraction of sp³-hybridized carbons (Fsp3) is 0.0667. The normalized spacial score (nSPS) is 12.0. The second-order valence-corrected chi connectivity index (χ2v) is 6.41. The quantitative estimate of drug-likeness (QED) is 0.474. The molecule has 0 aliphatic heterocycles. The molecule has 2 aromatic carbocycles. The van der Waals surface area contributed by atoms with Crippen LogP contribution in [0.25, 0.3) is 0 Å². The number of nitrogens with two attached hydrogens (primary N) is 1. The lowest BCUT2D eigenvalue weighted by molar-refractivity contribution is 1.25. The van der Waals surface area contributed by atoms with Crippen molar-refractivity contribution < 1.29 is 0 Å². The molecule has 0 aliphatic carbocycles. The summed E-state index contributed by atoms with van der Waals surface area (Å²) >= 11 is 10.8. The number of thioether (sulfide) groups is 1. The number of hydrogen-bond donors (Lipinski definition) is 1. The molecular formula is C15H13BrClN3S. The van der Waals surface area contributed by atoms with Crippen LogP contribution in [0.3, 0.4) is 0 Å². The second kappa shape index (κ2) is 8.22. The molecule has 0 unspecified atom stereocenters. The molecule has 2 rings (SSSR count). The van der Waals surface area contributed by atoms with Crippen LogP contribution in [0.15, 0.2) is 63.2 Å². The zero-order valence-corrected chi connectivity index (χ0v) is 14.2. The van der Waals surface area contributed by atoms with E-state index in [1.54, 1.807) is 18.3 Å². The zero-order valence-electron chi connectivity index (χ0n) is 11.0. The van der Waals surface area contributed by atoms with Crippen molar-refractivity contribution in [1.82, 2.24) is 0 Å². The molecule has 0 spiro atoms. The summed E-state index contributed by atoms with van der Waals surface area (Å²) in [7, 11) is 0. The Balaban J connectivity index is 1.93. The van der Waals surface area contributed by atoms with Crippen molar-refractivity contribution >= 4 is 50.7 Å². The minimum atomic E-state index is 0.424. The Morgan fingerprint density at radius 3 is 2.76 bits per heavy atom. The van der Waals surface area contributed by atoms with Gasteiger partial charge in [-0.05, 0) is 23.8 Å². The van der Waals surface area contributed by atoms with Gasteiger partial charge < -0.3 is 5.73 Å². The molecule has 0 amide bonds. The smallest absolute Gasteiger partial charge is 0.180 e. The molecule has 2 N–H and O–H groups in total. The molecule has 0 saturated carbocycles. The Bertz CT molecular complexity index is 659. The van der Waals surface area contributed by atoms with Crippen molar-refractivity contribution in [1.29, 1.82) is 0 Å². The molecular weight excluding hydrogens is 370 g/mol. The number of amidine groups is 1. The molecule has 21 heavy (non-hydrogen) atoms. The molecule has 0 radical (unpaired) electrons. The molecule has 108 valence electrons. The number of hydrogen-bond acceptors (Lipinski definition) is 3.